The lowest BCUT2D eigenvalue weighted by Crippen LogP contribution is -2.21. The van der Waals surface area contributed by atoms with Crippen LogP contribution in [-0.2, 0) is 12.7 Å². The van der Waals surface area contributed by atoms with Crippen LogP contribution in [0.15, 0.2) is 41.3 Å². The van der Waals surface area contributed by atoms with Gasteiger partial charge in [-0.3, -0.25) is 4.79 Å². The molecule has 0 saturated carbocycles. The zero-order chi connectivity index (χ0) is 20.8. The van der Waals surface area contributed by atoms with Crippen molar-refractivity contribution in [1.29, 1.82) is 0 Å². The molecule has 0 aliphatic carbocycles. The SMILES string of the molecule is O=C(O)c1cn(Cc2cc(C(F)(F)F)ccc2Cl)c2c(F)ccc(F)c2c1=O. The van der Waals surface area contributed by atoms with Crippen LogP contribution in [0.25, 0.3) is 10.9 Å². The Hall–Kier alpha value is -2.94. The predicted octanol–water partition coefficient (Wildman–Crippen LogP) is 4.70. The number of fused-ring (bicyclic) bond motifs is 1. The van der Waals surface area contributed by atoms with Crippen molar-refractivity contribution in [2.45, 2.75) is 12.7 Å². The standard InChI is InChI=1S/C18H9ClF5NO3/c19-11-2-1-9(18(22,23)24)5-8(11)6-25-7-10(17(27)28)16(26)14-12(20)3-4-13(21)15(14)25/h1-5,7H,6H2,(H,27,28). The van der Waals surface area contributed by atoms with Crippen LogP contribution in [0.5, 0.6) is 0 Å². The third-order valence-corrected chi connectivity index (χ3v) is 4.43. The second-order valence-electron chi connectivity index (χ2n) is 5.86. The summed E-state index contributed by atoms with van der Waals surface area (Å²) in [5.74, 6) is -3.90. The van der Waals surface area contributed by atoms with Crippen LogP contribution in [0.1, 0.15) is 21.5 Å². The minimum Gasteiger partial charge on any atom is -0.477 e. The average molecular weight is 418 g/mol. The molecule has 0 unspecified atom stereocenters. The number of carbonyl (C=O) groups is 1. The summed E-state index contributed by atoms with van der Waals surface area (Å²) in [6.07, 6.45) is -3.93. The summed E-state index contributed by atoms with van der Waals surface area (Å²) in [7, 11) is 0. The van der Waals surface area contributed by atoms with E-state index in [0.29, 0.717) is 12.1 Å². The van der Waals surface area contributed by atoms with E-state index in [1.54, 1.807) is 0 Å². The maximum Gasteiger partial charge on any atom is 0.416 e. The molecule has 28 heavy (non-hydrogen) atoms. The van der Waals surface area contributed by atoms with Crippen LogP contribution in [0, 0.1) is 11.6 Å². The molecule has 10 heteroatoms. The van der Waals surface area contributed by atoms with Crippen LogP contribution >= 0.6 is 11.6 Å². The molecule has 0 atom stereocenters. The van der Waals surface area contributed by atoms with Gasteiger partial charge in [0, 0.05) is 17.8 Å². The normalized spacial score (nSPS) is 11.8. The maximum atomic E-state index is 14.3. The lowest BCUT2D eigenvalue weighted by atomic mass is 10.1. The number of aromatic nitrogens is 1. The van der Waals surface area contributed by atoms with Gasteiger partial charge in [-0.2, -0.15) is 13.2 Å². The summed E-state index contributed by atoms with van der Waals surface area (Å²) in [5.41, 5.74) is -3.83. The van der Waals surface area contributed by atoms with Crippen LogP contribution in [0.3, 0.4) is 0 Å². The fourth-order valence-corrected chi connectivity index (χ4v) is 2.96. The van der Waals surface area contributed by atoms with Crippen molar-refractivity contribution < 1.29 is 31.9 Å². The number of halogens is 6. The first-order chi connectivity index (χ1) is 13.0. The zero-order valence-corrected chi connectivity index (χ0v) is 14.4. The first-order valence-corrected chi connectivity index (χ1v) is 7.98. The lowest BCUT2D eigenvalue weighted by Gasteiger charge is -2.16. The van der Waals surface area contributed by atoms with Crippen LogP contribution in [0.2, 0.25) is 5.02 Å². The van der Waals surface area contributed by atoms with Crippen molar-refractivity contribution in [3.05, 3.63) is 80.1 Å². The first-order valence-electron chi connectivity index (χ1n) is 7.60. The van der Waals surface area contributed by atoms with Crippen molar-refractivity contribution in [3.63, 3.8) is 0 Å². The number of hydrogen-bond acceptors (Lipinski definition) is 2. The molecule has 0 fully saturated rings. The van der Waals surface area contributed by atoms with Crippen molar-refractivity contribution in [3.8, 4) is 0 Å². The average Bonchev–Trinajstić information content (AvgIpc) is 2.60. The number of aromatic carboxylic acids is 1. The van der Waals surface area contributed by atoms with Crippen molar-refractivity contribution >= 4 is 28.5 Å². The summed E-state index contributed by atoms with van der Waals surface area (Å²) in [6, 6.07) is 3.83. The summed E-state index contributed by atoms with van der Waals surface area (Å²) < 4.78 is 68.2. The minimum atomic E-state index is -4.67. The molecule has 1 aromatic heterocycles. The van der Waals surface area contributed by atoms with Crippen molar-refractivity contribution in [2.24, 2.45) is 0 Å². The highest BCUT2D eigenvalue weighted by Crippen LogP contribution is 2.32. The Morgan fingerprint density at radius 1 is 1.11 bits per heavy atom. The molecule has 1 N–H and O–H groups in total. The highest BCUT2D eigenvalue weighted by atomic mass is 35.5. The third-order valence-electron chi connectivity index (χ3n) is 4.07. The fraction of sp³-hybridized carbons (Fsp3) is 0.111. The van der Waals surface area contributed by atoms with Gasteiger partial charge in [-0.25, -0.2) is 13.6 Å². The molecule has 0 saturated heterocycles. The van der Waals surface area contributed by atoms with E-state index in [-0.39, 0.29) is 10.6 Å². The van der Waals surface area contributed by atoms with E-state index in [9.17, 15) is 36.6 Å². The molecule has 0 spiro atoms. The highest BCUT2D eigenvalue weighted by molar-refractivity contribution is 6.31. The van der Waals surface area contributed by atoms with E-state index in [0.717, 1.165) is 29.0 Å². The van der Waals surface area contributed by atoms with Crippen LogP contribution in [-0.4, -0.2) is 15.6 Å². The van der Waals surface area contributed by atoms with Crippen LogP contribution in [0.4, 0.5) is 22.0 Å². The number of benzene rings is 2. The fourth-order valence-electron chi connectivity index (χ4n) is 2.78. The highest BCUT2D eigenvalue weighted by Gasteiger charge is 2.31. The molecule has 0 aliphatic rings. The molecular formula is C18H9ClF5NO3. The van der Waals surface area contributed by atoms with Gasteiger partial charge >= 0.3 is 12.1 Å². The van der Waals surface area contributed by atoms with E-state index in [4.69, 9.17) is 11.6 Å². The van der Waals surface area contributed by atoms with E-state index in [1.807, 2.05) is 0 Å². The van der Waals surface area contributed by atoms with E-state index >= 15 is 0 Å². The van der Waals surface area contributed by atoms with Gasteiger partial charge in [-0.05, 0) is 35.9 Å². The number of carboxylic acid groups (broad SMARTS) is 1. The molecule has 0 radical (unpaired) electrons. The lowest BCUT2D eigenvalue weighted by molar-refractivity contribution is -0.137. The third kappa shape index (κ3) is 3.45. The van der Waals surface area contributed by atoms with Gasteiger partial charge in [0.15, 0.2) is 0 Å². The molecular weight excluding hydrogens is 409 g/mol. The van der Waals surface area contributed by atoms with Gasteiger partial charge in [0.1, 0.15) is 17.2 Å². The van der Waals surface area contributed by atoms with E-state index in [2.05, 4.69) is 0 Å². The Balaban J connectivity index is 2.30. The van der Waals surface area contributed by atoms with Gasteiger partial charge in [0.2, 0.25) is 5.43 Å². The largest absolute Gasteiger partial charge is 0.477 e. The zero-order valence-electron chi connectivity index (χ0n) is 13.6. The Morgan fingerprint density at radius 3 is 2.36 bits per heavy atom. The summed E-state index contributed by atoms with van der Waals surface area (Å²) >= 11 is 5.93. The molecule has 2 aromatic carbocycles. The van der Waals surface area contributed by atoms with E-state index in [1.165, 1.54) is 0 Å². The van der Waals surface area contributed by atoms with Crippen molar-refractivity contribution in [1.82, 2.24) is 4.57 Å². The minimum absolute atomic E-state index is 0.103. The molecule has 3 rings (SSSR count). The number of carboxylic acids is 1. The Morgan fingerprint density at radius 2 is 1.75 bits per heavy atom. The van der Waals surface area contributed by atoms with Gasteiger partial charge in [-0.1, -0.05) is 11.6 Å². The smallest absolute Gasteiger partial charge is 0.416 e. The number of alkyl halides is 3. The van der Waals surface area contributed by atoms with Gasteiger partial charge < -0.3 is 9.67 Å². The van der Waals surface area contributed by atoms with Gasteiger partial charge in [0.05, 0.1) is 16.5 Å². The number of nitrogens with zero attached hydrogens (tertiary/aromatic N) is 1. The first kappa shape index (κ1) is 19.8. The monoisotopic (exact) mass is 417 g/mol. The second-order valence-corrected chi connectivity index (χ2v) is 6.27. The Labute approximate surface area is 158 Å². The summed E-state index contributed by atoms with van der Waals surface area (Å²) in [5, 5.41) is 8.26. The molecule has 0 amide bonds. The molecule has 0 aliphatic heterocycles. The quantitative estimate of drug-likeness (QED) is 0.628. The molecule has 0 bridgehead atoms. The molecule has 3 aromatic rings. The Kier molecular flexibility index (Phi) is 4.88. The second kappa shape index (κ2) is 6.90. The number of hydrogen-bond donors (Lipinski definition) is 1. The molecule has 146 valence electrons. The maximum absolute atomic E-state index is 14.3. The molecule has 4 nitrogen and oxygen atoms in total. The Bertz CT molecular complexity index is 1170. The summed E-state index contributed by atoms with van der Waals surface area (Å²) in [6.45, 7) is -0.528. The molecule has 1 heterocycles. The van der Waals surface area contributed by atoms with E-state index < -0.39 is 57.8 Å². The summed E-state index contributed by atoms with van der Waals surface area (Å²) in [4.78, 5) is 23.5. The van der Waals surface area contributed by atoms with Gasteiger partial charge in [-0.15, -0.1) is 0 Å². The van der Waals surface area contributed by atoms with Crippen LogP contribution < -0.4 is 5.43 Å². The van der Waals surface area contributed by atoms with Crippen molar-refractivity contribution in [2.75, 3.05) is 0 Å². The predicted molar refractivity (Wildman–Crippen MR) is 90.6 cm³/mol. The topological polar surface area (TPSA) is 59.3 Å². The number of rotatable bonds is 3. The number of pyridine rings is 1. The van der Waals surface area contributed by atoms with Gasteiger partial charge in [0.25, 0.3) is 0 Å².